The van der Waals surface area contributed by atoms with Gasteiger partial charge in [0.1, 0.15) is 0 Å². The highest BCUT2D eigenvalue weighted by molar-refractivity contribution is 8.00. The van der Waals surface area contributed by atoms with Crippen molar-refractivity contribution in [2.24, 2.45) is 0 Å². The van der Waals surface area contributed by atoms with Crippen LogP contribution in [0.4, 0.5) is 5.69 Å². The van der Waals surface area contributed by atoms with Gasteiger partial charge in [0, 0.05) is 22.8 Å². The molecule has 0 saturated heterocycles. The van der Waals surface area contributed by atoms with E-state index in [0.717, 1.165) is 17.7 Å². The molecule has 2 heterocycles. The third-order valence-corrected chi connectivity index (χ3v) is 5.41. The molecule has 2 aromatic carbocycles. The molecule has 0 spiro atoms. The average molecular weight is 386 g/mol. The van der Waals surface area contributed by atoms with Crippen LogP contribution in [0.3, 0.4) is 0 Å². The molecule has 1 unspecified atom stereocenters. The number of hydrogen-bond acceptors (Lipinski definition) is 5. The van der Waals surface area contributed by atoms with E-state index in [1.807, 2.05) is 42.2 Å². The lowest BCUT2D eigenvalue weighted by atomic mass is 10.2. The normalized spacial score (nSPS) is 14.3. The van der Waals surface area contributed by atoms with Gasteiger partial charge in [-0.2, -0.15) is 0 Å². The zero-order valence-corrected chi connectivity index (χ0v) is 15.6. The molecule has 1 aliphatic heterocycles. The molecule has 0 radical (unpaired) electrons. The van der Waals surface area contributed by atoms with Gasteiger partial charge in [0.15, 0.2) is 0 Å². The third kappa shape index (κ3) is 3.34. The van der Waals surface area contributed by atoms with Gasteiger partial charge < -0.3 is 9.32 Å². The molecule has 0 fully saturated rings. The number of thioether (sulfide) groups is 1. The highest BCUT2D eigenvalue weighted by atomic mass is 35.5. The van der Waals surface area contributed by atoms with Crippen molar-refractivity contribution in [3.05, 3.63) is 59.1 Å². The van der Waals surface area contributed by atoms with E-state index in [4.69, 9.17) is 16.0 Å². The van der Waals surface area contributed by atoms with Crippen LogP contribution in [-0.2, 0) is 11.2 Å². The fourth-order valence-electron chi connectivity index (χ4n) is 2.98. The van der Waals surface area contributed by atoms with Gasteiger partial charge >= 0.3 is 0 Å². The summed E-state index contributed by atoms with van der Waals surface area (Å²) >= 11 is 7.26. The molecule has 1 amide bonds. The minimum atomic E-state index is -0.325. The van der Waals surface area contributed by atoms with Crippen LogP contribution in [0.1, 0.15) is 12.5 Å². The lowest BCUT2D eigenvalue weighted by Crippen LogP contribution is -2.35. The molecular formula is C19H16ClN3O2S. The number of nitrogens with zero attached hydrogens (tertiary/aromatic N) is 3. The predicted molar refractivity (Wildman–Crippen MR) is 103 cm³/mol. The Hall–Kier alpha value is -2.31. The van der Waals surface area contributed by atoms with Gasteiger partial charge in [0.05, 0.1) is 5.25 Å². The lowest BCUT2D eigenvalue weighted by molar-refractivity contribution is -0.117. The van der Waals surface area contributed by atoms with E-state index < -0.39 is 0 Å². The van der Waals surface area contributed by atoms with Gasteiger partial charge in [-0.15, -0.1) is 10.2 Å². The number of para-hydroxylation sites is 1. The van der Waals surface area contributed by atoms with Crippen LogP contribution < -0.4 is 4.90 Å². The summed E-state index contributed by atoms with van der Waals surface area (Å²) in [7, 11) is 0. The molecule has 0 bridgehead atoms. The summed E-state index contributed by atoms with van der Waals surface area (Å²) in [4.78, 5) is 14.7. The maximum Gasteiger partial charge on any atom is 0.277 e. The fourth-order valence-corrected chi connectivity index (χ4v) is 3.92. The van der Waals surface area contributed by atoms with Gasteiger partial charge in [-0.3, -0.25) is 4.79 Å². The number of aromatic nitrogens is 2. The molecule has 4 rings (SSSR count). The van der Waals surface area contributed by atoms with Crippen molar-refractivity contribution >= 4 is 35.0 Å². The van der Waals surface area contributed by atoms with E-state index in [-0.39, 0.29) is 11.2 Å². The van der Waals surface area contributed by atoms with Crippen LogP contribution >= 0.6 is 23.4 Å². The first-order chi connectivity index (χ1) is 12.6. The molecule has 3 aromatic rings. The van der Waals surface area contributed by atoms with Crippen molar-refractivity contribution < 1.29 is 9.21 Å². The van der Waals surface area contributed by atoms with Crippen LogP contribution in [0.5, 0.6) is 0 Å². The Balaban J connectivity index is 1.47. The van der Waals surface area contributed by atoms with Crippen LogP contribution in [0.15, 0.2) is 58.2 Å². The van der Waals surface area contributed by atoms with Crippen LogP contribution in [0.25, 0.3) is 11.5 Å². The van der Waals surface area contributed by atoms with E-state index in [2.05, 4.69) is 16.3 Å². The number of benzene rings is 2. The van der Waals surface area contributed by atoms with Crippen molar-refractivity contribution in [1.29, 1.82) is 0 Å². The summed E-state index contributed by atoms with van der Waals surface area (Å²) in [5.41, 5.74) is 2.96. The summed E-state index contributed by atoms with van der Waals surface area (Å²) < 4.78 is 5.69. The monoisotopic (exact) mass is 385 g/mol. The van der Waals surface area contributed by atoms with Crippen molar-refractivity contribution in [2.75, 3.05) is 11.4 Å². The molecule has 1 atom stereocenters. The van der Waals surface area contributed by atoms with Crippen LogP contribution in [0.2, 0.25) is 5.02 Å². The number of fused-ring (bicyclic) bond motifs is 1. The number of anilines is 1. The summed E-state index contributed by atoms with van der Waals surface area (Å²) in [6.45, 7) is 2.57. The molecule has 0 aliphatic carbocycles. The lowest BCUT2D eigenvalue weighted by Gasteiger charge is -2.20. The first-order valence-electron chi connectivity index (χ1n) is 8.27. The summed E-state index contributed by atoms with van der Waals surface area (Å²) in [6.07, 6.45) is 0.888. The van der Waals surface area contributed by atoms with Gasteiger partial charge in [-0.1, -0.05) is 47.6 Å². The molecule has 0 saturated carbocycles. The maximum absolute atomic E-state index is 12.8. The highest BCUT2D eigenvalue weighted by Crippen LogP contribution is 2.32. The molecule has 0 N–H and O–H groups in total. The molecule has 7 heteroatoms. The van der Waals surface area contributed by atoms with Crippen molar-refractivity contribution in [2.45, 2.75) is 23.8 Å². The first-order valence-corrected chi connectivity index (χ1v) is 9.53. The Morgan fingerprint density at radius 3 is 2.92 bits per heavy atom. The van der Waals surface area contributed by atoms with E-state index in [0.29, 0.717) is 22.7 Å². The summed E-state index contributed by atoms with van der Waals surface area (Å²) in [6, 6.07) is 15.2. The first kappa shape index (κ1) is 17.1. The van der Waals surface area contributed by atoms with Gasteiger partial charge in [-0.05, 0) is 43.2 Å². The fraction of sp³-hybridized carbons (Fsp3) is 0.211. The van der Waals surface area contributed by atoms with Crippen LogP contribution in [-0.4, -0.2) is 27.9 Å². The number of carbonyl (C=O) groups is 1. The number of halogens is 1. The Morgan fingerprint density at radius 1 is 1.23 bits per heavy atom. The molecule has 26 heavy (non-hydrogen) atoms. The molecule has 132 valence electrons. The number of rotatable bonds is 4. The van der Waals surface area contributed by atoms with Crippen molar-refractivity contribution in [3.8, 4) is 11.5 Å². The average Bonchev–Trinajstić information content (AvgIpc) is 3.28. The summed E-state index contributed by atoms with van der Waals surface area (Å²) in [5.74, 6) is 0.434. The van der Waals surface area contributed by atoms with Gasteiger partial charge in [0.25, 0.3) is 5.22 Å². The van der Waals surface area contributed by atoms with E-state index >= 15 is 0 Å². The maximum atomic E-state index is 12.8. The molecular weight excluding hydrogens is 370 g/mol. The SMILES string of the molecule is CC(Sc1nnc(-c2cccc(Cl)c2)o1)C(=O)N1CCc2ccccc21. The molecule has 1 aliphatic rings. The minimum Gasteiger partial charge on any atom is -0.411 e. The molecule has 5 nitrogen and oxygen atoms in total. The smallest absolute Gasteiger partial charge is 0.277 e. The Morgan fingerprint density at radius 2 is 2.08 bits per heavy atom. The van der Waals surface area contributed by atoms with Crippen LogP contribution in [0, 0.1) is 0 Å². The molecule has 1 aromatic heterocycles. The van der Waals surface area contributed by atoms with E-state index in [9.17, 15) is 4.79 Å². The quantitative estimate of drug-likeness (QED) is 0.620. The van der Waals surface area contributed by atoms with Gasteiger partial charge in [0.2, 0.25) is 11.8 Å². The number of hydrogen-bond donors (Lipinski definition) is 0. The zero-order chi connectivity index (χ0) is 18.1. The largest absolute Gasteiger partial charge is 0.411 e. The summed E-state index contributed by atoms with van der Waals surface area (Å²) in [5, 5.41) is 8.75. The number of amides is 1. The van der Waals surface area contributed by atoms with E-state index in [1.165, 1.54) is 17.3 Å². The van der Waals surface area contributed by atoms with Gasteiger partial charge in [-0.25, -0.2) is 0 Å². The predicted octanol–water partition coefficient (Wildman–Crippen LogP) is 4.46. The highest BCUT2D eigenvalue weighted by Gasteiger charge is 2.29. The Labute approximate surface area is 160 Å². The third-order valence-electron chi connectivity index (χ3n) is 4.26. The van der Waals surface area contributed by atoms with Crippen molar-refractivity contribution in [1.82, 2.24) is 10.2 Å². The number of carbonyl (C=O) groups excluding carboxylic acids is 1. The van der Waals surface area contributed by atoms with E-state index in [1.54, 1.807) is 12.1 Å². The topological polar surface area (TPSA) is 59.2 Å². The standard InChI is InChI=1S/C19H16ClN3O2S/c1-12(18(24)23-10-9-13-5-2-3-8-16(13)23)26-19-22-21-17(25-19)14-6-4-7-15(20)11-14/h2-8,11-12H,9-10H2,1H3. The van der Waals surface area contributed by atoms with Crippen molar-refractivity contribution in [3.63, 3.8) is 0 Å². The second-order valence-electron chi connectivity index (χ2n) is 6.01. The minimum absolute atomic E-state index is 0.0439. The Kier molecular flexibility index (Phi) is 4.70. The second kappa shape index (κ2) is 7.13. The zero-order valence-electron chi connectivity index (χ0n) is 14.1. The Bertz CT molecular complexity index is 959. The second-order valence-corrected chi connectivity index (χ2v) is 7.74.